The number of ether oxygens (including phenoxy) is 1. The van der Waals surface area contributed by atoms with E-state index in [1.165, 1.54) is 11.3 Å². The second-order valence-corrected chi connectivity index (χ2v) is 8.45. The van der Waals surface area contributed by atoms with Crippen LogP contribution >= 0.6 is 22.7 Å². The Labute approximate surface area is 163 Å². The molecule has 27 heavy (non-hydrogen) atoms. The second kappa shape index (κ2) is 6.47. The van der Waals surface area contributed by atoms with Crippen LogP contribution in [0.3, 0.4) is 0 Å². The Morgan fingerprint density at radius 3 is 2.74 bits per heavy atom. The number of para-hydroxylation sites is 1. The van der Waals surface area contributed by atoms with Crippen molar-refractivity contribution in [3.8, 4) is 5.75 Å². The minimum absolute atomic E-state index is 0.0214. The van der Waals surface area contributed by atoms with E-state index in [2.05, 4.69) is 20.2 Å². The fourth-order valence-electron chi connectivity index (χ4n) is 3.09. The van der Waals surface area contributed by atoms with Gasteiger partial charge in [-0.15, -0.1) is 0 Å². The van der Waals surface area contributed by atoms with Gasteiger partial charge in [-0.1, -0.05) is 34.8 Å². The Morgan fingerprint density at radius 2 is 1.93 bits per heavy atom. The Kier molecular flexibility index (Phi) is 3.95. The van der Waals surface area contributed by atoms with E-state index >= 15 is 0 Å². The molecular weight excluding hydrogens is 380 g/mol. The van der Waals surface area contributed by atoms with Crippen molar-refractivity contribution in [1.29, 1.82) is 0 Å². The molecule has 6 nitrogen and oxygen atoms in total. The molecular formula is C19H16N4O2S2. The van der Waals surface area contributed by atoms with Crippen LogP contribution in [-0.4, -0.2) is 36.1 Å². The molecule has 3 heterocycles. The molecule has 4 aromatic rings. The zero-order valence-corrected chi connectivity index (χ0v) is 16.1. The molecule has 0 spiro atoms. The third-order valence-corrected chi connectivity index (χ3v) is 6.68. The molecule has 1 N–H and O–H groups in total. The van der Waals surface area contributed by atoms with Crippen LogP contribution in [0.2, 0.25) is 0 Å². The average molecular weight is 396 g/mol. The van der Waals surface area contributed by atoms with Gasteiger partial charge in [0, 0.05) is 19.2 Å². The number of nitrogens with one attached hydrogen (secondary N) is 1. The standard InChI is InChI=1S/C19H16N4O2S2/c1-25-12-6-7-16-14(8-12)21-19(27-16)23-9-11(10-23)17(24)22-18-20-13-4-2-3-5-15(13)26-18/h2-8,11H,9-10H2,1H3,(H,20,22,24). The van der Waals surface area contributed by atoms with Crippen LogP contribution < -0.4 is 15.0 Å². The third-order valence-electron chi connectivity index (χ3n) is 4.63. The van der Waals surface area contributed by atoms with Gasteiger partial charge in [0.05, 0.1) is 33.5 Å². The summed E-state index contributed by atoms with van der Waals surface area (Å²) in [6.07, 6.45) is 0. The van der Waals surface area contributed by atoms with E-state index in [1.807, 2.05) is 42.5 Å². The average Bonchev–Trinajstić information content (AvgIpc) is 3.22. The number of thiazole rings is 2. The van der Waals surface area contributed by atoms with Crippen molar-refractivity contribution in [2.45, 2.75) is 0 Å². The van der Waals surface area contributed by atoms with Crippen molar-refractivity contribution in [1.82, 2.24) is 9.97 Å². The number of hydrogen-bond donors (Lipinski definition) is 1. The summed E-state index contributed by atoms with van der Waals surface area (Å²) in [6.45, 7) is 1.35. The number of rotatable bonds is 4. The molecule has 1 fully saturated rings. The van der Waals surface area contributed by atoms with Crippen LogP contribution in [0.5, 0.6) is 5.75 Å². The first-order chi connectivity index (χ1) is 13.2. The number of benzene rings is 2. The van der Waals surface area contributed by atoms with E-state index < -0.39 is 0 Å². The van der Waals surface area contributed by atoms with Gasteiger partial charge in [-0.25, -0.2) is 9.97 Å². The predicted octanol–water partition coefficient (Wildman–Crippen LogP) is 3.99. The second-order valence-electron chi connectivity index (χ2n) is 6.41. The van der Waals surface area contributed by atoms with Crippen LogP contribution in [0.25, 0.3) is 20.4 Å². The van der Waals surface area contributed by atoms with Crippen LogP contribution in [0, 0.1) is 5.92 Å². The Bertz CT molecular complexity index is 1110. The summed E-state index contributed by atoms with van der Waals surface area (Å²) in [5.74, 6) is 0.780. The van der Waals surface area contributed by atoms with Crippen molar-refractivity contribution >= 4 is 59.3 Å². The zero-order chi connectivity index (χ0) is 18.4. The van der Waals surface area contributed by atoms with Gasteiger partial charge in [-0.2, -0.15) is 0 Å². The first-order valence-corrected chi connectivity index (χ1v) is 10.2. The molecule has 5 rings (SSSR count). The maximum Gasteiger partial charge on any atom is 0.232 e. The minimum Gasteiger partial charge on any atom is -0.497 e. The lowest BCUT2D eigenvalue weighted by Crippen LogP contribution is -2.52. The number of methoxy groups -OCH3 is 1. The fourth-order valence-corrected chi connectivity index (χ4v) is 4.92. The Balaban J connectivity index is 1.25. The van der Waals surface area contributed by atoms with E-state index in [1.54, 1.807) is 18.4 Å². The van der Waals surface area contributed by atoms with Gasteiger partial charge < -0.3 is 15.0 Å². The van der Waals surface area contributed by atoms with Crippen LogP contribution in [0.4, 0.5) is 10.3 Å². The summed E-state index contributed by atoms with van der Waals surface area (Å²) in [4.78, 5) is 23.8. The van der Waals surface area contributed by atoms with Gasteiger partial charge in [-0.05, 0) is 24.3 Å². The molecule has 1 saturated heterocycles. The number of nitrogens with zero attached hydrogens (tertiary/aromatic N) is 3. The van der Waals surface area contributed by atoms with Gasteiger partial charge >= 0.3 is 0 Å². The predicted molar refractivity (Wildman–Crippen MR) is 110 cm³/mol. The molecule has 0 aliphatic carbocycles. The van der Waals surface area contributed by atoms with Crippen LogP contribution in [-0.2, 0) is 4.79 Å². The number of carbonyl (C=O) groups is 1. The first kappa shape index (κ1) is 16.5. The molecule has 0 atom stereocenters. The summed E-state index contributed by atoms with van der Waals surface area (Å²) < 4.78 is 7.45. The van der Waals surface area contributed by atoms with Gasteiger partial charge in [-0.3, -0.25) is 4.79 Å². The molecule has 2 aromatic carbocycles. The highest BCUT2D eigenvalue weighted by Crippen LogP contribution is 2.35. The number of amides is 1. The SMILES string of the molecule is COc1ccc2sc(N3CC(C(=O)Nc4nc5ccccc5s4)C3)nc2c1. The summed E-state index contributed by atoms with van der Waals surface area (Å²) in [5, 5.41) is 4.56. The van der Waals surface area contributed by atoms with Crippen molar-refractivity contribution in [2.75, 3.05) is 30.4 Å². The normalized spacial score (nSPS) is 14.5. The van der Waals surface area contributed by atoms with E-state index in [0.29, 0.717) is 18.2 Å². The highest BCUT2D eigenvalue weighted by Gasteiger charge is 2.34. The molecule has 1 aliphatic rings. The largest absolute Gasteiger partial charge is 0.497 e. The highest BCUT2D eigenvalue weighted by molar-refractivity contribution is 7.22. The maximum absolute atomic E-state index is 12.5. The smallest absolute Gasteiger partial charge is 0.232 e. The lowest BCUT2D eigenvalue weighted by atomic mass is 10.0. The molecule has 1 amide bonds. The highest BCUT2D eigenvalue weighted by atomic mass is 32.1. The van der Waals surface area contributed by atoms with Crippen LogP contribution in [0.15, 0.2) is 42.5 Å². The summed E-state index contributed by atoms with van der Waals surface area (Å²) in [5.41, 5.74) is 1.84. The van der Waals surface area contributed by atoms with Crippen molar-refractivity contribution < 1.29 is 9.53 Å². The van der Waals surface area contributed by atoms with Crippen LogP contribution in [0.1, 0.15) is 0 Å². The topological polar surface area (TPSA) is 67.3 Å². The van der Waals surface area contributed by atoms with Gasteiger partial charge in [0.2, 0.25) is 5.91 Å². The Morgan fingerprint density at radius 1 is 1.11 bits per heavy atom. The molecule has 2 aromatic heterocycles. The fraction of sp³-hybridized carbons (Fsp3) is 0.211. The number of aromatic nitrogens is 2. The molecule has 136 valence electrons. The van der Waals surface area contributed by atoms with E-state index in [-0.39, 0.29) is 11.8 Å². The first-order valence-electron chi connectivity index (χ1n) is 8.55. The number of hydrogen-bond acceptors (Lipinski definition) is 7. The summed E-state index contributed by atoms with van der Waals surface area (Å²) in [7, 11) is 1.65. The van der Waals surface area contributed by atoms with Gasteiger partial charge in [0.25, 0.3) is 0 Å². The van der Waals surface area contributed by atoms with E-state index in [9.17, 15) is 4.79 Å². The number of anilines is 2. The lowest BCUT2D eigenvalue weighted by Gasteiger charge is -2.37. The third kappa shape index (κ3) is 3.00. The van der Waals surface area contributed by atoms with E-state index in [4.69, 9.17) is 4.74 Å². The minimum atomic E-state index is -0.0430. The number of carbonyl (C=O) groups excluding carboxylic acids is 1. The monoisotopic (exact) mass is 396 g/mol. The molecule has 0 radical (unpaired) electrons. The molecule has 0 saturated carbocycles. The van der Waals surface area contributed by atoms with Gasteiger partial charge in [0.15, 0.2) is 10.3 Å². The molecule has 0 unspecified atom stereocenters. The Hall–Kier alpha value is -2.71. The summed E-state index contributed by atoms with van der Waals surface area (Å²) >= 11 is 3.14. The van der Waals surface area contributed by atoms with E-state index in [0.717, 1.165) is 31.3 Å². The van der Waals surface area contributed by atoms with Crippen molar-refractivity contribution in [2.24, 2.45) is 5.92 Å². The van der Waals surface area contributed by atoms with Crippen molar-refractivity contribution in [3.63, 3.8) is 0 Å². The van der Waals surface area contributed by atoms with Crippen molar-refractivity contribution in [3.05, 3.63) is 42.5 Å². The lowest BCUT2D eigenvalue weighted by molar-refractivity contribution is -0.120. The molecule has 0 bridgehead atoms. The summed E-state index contributed by atoms with van der Waals surface area (Å²) in [6, 6.07) is 13.8. The zero-order valence-electron chi connectivity index (χ0n) is 14.5. The molecule has 8 heteroatoms. The van der Waals surface area contributed by atoms with Gasteiger partial charge in [0.1, 0.15) is 5.75 Å². The number of fused-ring (bicyclic) bond motifs is 2. The molecule has 1 aliphatic heterocycles. The quantitative estimate of drug-likeness (QED) is 0.565. The maximum atomic E-state index is 12.5.